The van der Waals surface area contributed by atoms with E-state index in [2.05, 4.69) is 6.92 Å². The molecule has 2 unspecified atom stereocenters. The van der Waals surface area contributed by atoms with Crippen molar-refractivity contribution in [3.63, 3.8) is 0 Å². The first kappa shape index (κ1) is 14.2. The number of hydrogen-bond acceptors (Lipinski definition) is 3. The Labute approximate surface area is 114 Å². The van der Waals surface area contributed by atoms with Crippen LogP contribution in [0.25, 0.3) is 0 Å². The molecule has 0 spiro atoms. The monoisotopic (exact) mass is 291 g/mol. The molecule has 2 aliphatic heterocycles. The van der Waals surface area contributed by atoms with Crippen LogP contribution in [-0.4, -0.2) is 47.7 Å². The molecule has 0 aromatic heterocycles. The van der Waals surface area contributed by atoms with E-state index in [4.69, 9.17) is 18.0 Å². The lowest BCUT2D eigenvalue weighted by molar-refractivity contribution is 0.260. The van der Waals surface area contributed by atoms with Gasteiger partial charge < -0.3 is 5.73 Å². The van der Waals surface area contributed by atoms with Gasteiger partial charge in [0.25, 0.3) is 10.2 Å². The van der Waals surface area contributed by atoms with E-state index in [0.717, 1.165) is 25.7 Å². The molecule has 2 rings (SSSR count). The van der Waals surface area contributed by atoms with Gasteiger partial charge in [-0.15, -0.1) is 0 Å². The zero-order valence-corrected chi connectivity index (χ0v) is 12.3. The molecule has 2 fully saturated rings. The number of hydrogen-bond donors (Lipinski definition) is 1. The summed E-state index contributed by atoms with van der Waals surface area (Å²) in [7, 11) is -3.39. The van der Waals surface area contributed by atoms with Gasteiger partial charge in [-0.2, -0.15) is 17.0 Å². The first-order valence-electron chi connectivity index (χ1n) is 6.49. The Bertz CT molecular complexity index is 424. The fourth-order valence-corrected chi connectivity index (χ4v) is 5.12. The number of thiocarbonyl (C=S) groups is 1. The Hall–Kier alpha value is -0.240. The van der Waals surface area contributed by atoms with Gasteiger partial charge in [0.15, 0.2) is 0 Å². The molecule has 7 heteroatoms. The average molecular weight is 291 g/mol. The summed E-state index contributed by atoms with van der Waals surface area (Å²) in [5.41, 5.74) is 5.65. The van der Waals surface area contributed by atoms with Crippen LogP contribution in [0.1, 0.15) is 32.6 Å². The molecule has 5 nitrogen and oxygen atoms in total. The number of piperidine rings is 1. The SMILES string of the molecule is CC1CCCN(S(=O)(=O)N2CCCC2C(N)=S)C1. The van der Waals surface area contributed by atoms with Crippen molar-refractivity contribution in [2.45, 2.75) is 38.6 Å². The molecule has 18 heavy (non-hydrogen) atoms. The van der Waals surface area contributed by atoms with E-state index in [-0.39, 0.29) is 6.04 Å². The van der Waals surface area contributed by atoms with Crippen molar-refractivity contribution in [2.24, 2.45) is 11.7 Å². The average Bonchev–Trinajstić information content (AvgIpc) is 2.78. The lowest BCUT2D eigenvalue weighted by Crippen LogP contribution is -2.51. The van der Waals surface area contributed by atoms with Gasteiger partial charge in [-0.1, -0.05) is 19.1 Å². The van der Waals surface area contributed by atoms with Crippen molar-refractivity contribution >= 4 is 27.4 Å². The van der Waals surface area contributed by atoms with Crippen molar-refractivity contribution in [1.82, 2.24) is 8.61 Å². The zero-order chi connectivity index (χ0) is 13.3. The largest absolute Gasteiger partial charge is 0.392 e. The highest BCUT2D eigenvalue weighted by Gasteiger charge is 2.40. The third-order valence-corrected chi connectivity index (χ3v) is 6.06. The van der Waals surface area contributed by atoms with E-state index in [9.17, 15) is 8.42 Å². The summed E-state index contributed by atoms with van der Waals surface area (Å²) in [4.78, 5) is 0.293. The molecule has 0 bridgehead atoms. The Kier molecular flexibility index (Phi) is 4.25. The normalized spacial score (nSPS) is 31.6. The van der Waals surface area contributed by atoms with Gasteiger partial charge in [-0.25, -0.2) is 0 Å². The Morgan fingerprint density at radius 1 is 1.28 bits per heavy atom. The van der Waals surface area contributed by atoms with E-state index >= 15 is 0 Å². The molecule has 2 atom stereocenters. The van der Waals surface area contributed by atoms with Crippen molar-refractivity contribution in [2.75, 3.05) is 19.6 Å². The Morgan fingerprint density at radius 2 is 1.94 bits per heavy atom. The van der Waals surface area contributed by atoms with Gasteiger partial charge in [0.05, 0.1) is 11.0 Å². The maximum atomic E-state index is 12.6. The van der Waals surface area contributed by atoms with Crippen LogP contribution in [0.15, 0.2) is 0 Å². The fraction of sp³-hybridized carbons (Fsp3) is 0.909. The third-order valence-electron chi connectivity index (χ3n) is 3.77. The Balaban J connectivity index is 2.17. The summed E-state index contributed by atoms with van der Waals surface area (Å²) in [5, 5.41) is 0. The maximum absolute atomic E-state index is 12.6. The summed E-state index contributed by atoms with van der Waals surface area (Å²) < 4.78 is 28.3. The minimum atomic E-state index is -3.39. The molecule has 0 radical (unpaired) electrons. The molecule has 0 saturated carbocycles. The topological polar surface area (TPSA) is 66.6 Å². The number of rotatable bonds is 3. The summed E-state index contributed by atoms with van der Waals surface area (Å²) in [6, 6.07) is -0.290. The zero-order valence-electron chi connectivity index (χ0n) is 10.7. The summed E-state index contributed by atoms with van der Waals surface area (Å²) >= 11 is 4.98. The van der Waals surface area contributed by atoms with Gasteiger partial charge in [-0.3, -0.25) is 0 Å². The lowest BCUT2D eigenvalue weighted by atomic mass is 10.0. The number of nitrogens with zero attached hydrogens (tertiary/aromatic N) is 2. The minimum absolute atomic E-state index is 0.290. The quantitative estimate of drug-likeness (QED) is 0.778. The van der Waals surface area contributed by atoms with Crippen LogP contribution in [0.2, 0.25) is 0 Å². The smallest absolute Gasteiger partial charge is 0.282 e. The van der Waals surface area contributed by atoms with Crippen molar-refractivity contribution in [1.29, 1.82) is 0 Å². The van der Waals surface area contributed by atoms with Crippen LogP contribution in [0.4, 0.5) is 0 Å². The highest BCUT2D eigenvalue weighted by molar-refractivity contribution is 7.87. The van der Waals surface area contributed by atoms with Gasteiger partial charge in [0.2, 0.25) is 0 Å². The molecule has 2 heterocycles. The van der Waals surface area contributed by atoms with Gasteiger partial charge >= 0.3 is 0 Å². The second-order valence-electron chi connectivity index (χ2n) is 5.28. The first-order valence-corrected chi connectivity index (χ1v) is 8.29. The highest BCUT2D eigenvalue weighted by atomic mass is 32.2. The van der Waals surface area contributed by atoms with Gasteiger partial charge in [-0.05, 0) is 31.6 Å². The predicted octanol–water partition coefficient (Wildman–Crippen LogP) is 0.714. The molecule has 0 aliphatic carbocycles. The van der Waals surface area contributed by atoms with E-state index in [1.807, 2.05) is 0 Å². The fourth-order valence-electron chi connectivity index (χ4n) is 2.80. The summed E-state index contributed by atoms with van der Waals surface area (Å²) in [5.74, 6) is 0.430. The lowest BCUT2D eigenvalue weighted by Gasteiger charge is -2.34. The molecule has 2 aliphatic rings. The summed E-state index contributed by atoms with van der Waals surface area (Å²) in [6.45, 7) is 3.86. The maximum Gasteiger partial charge on any atom is 0.282 e. The van der Waals surface area contributed by atoms with Crippen LogP contribution < -0.4 is 5.73 Å². The van der Waals surface area contributed by atoms with Gasteiger partial charge in [0, 0.05) is 19.6 Å². The van der Waals surface area contributed by atoms with Crippen LogP contribution in [0.5, 0.6) is 0 Å². The van der Waals surface area contributed by atoms with Crippen LogP contribution >= 0.6 is 12.2 Å². The number of nitrogens with two attached hydrogens (primary N) is 1. The van der Waals surface area contributed by atoms with Crippen molar-refractivity contribution in [3.05, 3.63) is 0 Å². The van der Waals surface area contributed by atoms with Crippen LogP contribution in [-0.2, 0) is 10.2 Å². The standard InChI is InChI=1S/C11H21N3O2S2/c1-9-4-2-6-13(8-9)18(15,16)14-7-3-5-10(14)11(12)17/h9-10H,2-8H2,1H3,(H2,12,17). The molecule has 2 N–H and O–H groups in total. The first-order chi connectivity index (χ1) is 8.43. The minimum Gasteiger partial charge on any atom is -0.392 e. The molecular weight excluding hydrogens is 270 g/mol. The van der Waals surface area contributed by atoms with Crippen LogP contribution in [0, 0.1) is 5.92 Å². The van der Waals surface area contributed by atoms with Crippen molar-refractivity contribution < 1.29 is 8.42 Å². The third kappa shape index (κ3) is 2.68. The second kappa shape index (κ2) is 5.40. The van der Waals surface area contributed by atoms with Crippen molar-refractivity contribution in [3.8, 4) is 0 Å². The molecule has 2 saturated heterocycles. The molecule has 104 valence electrons. The van der Waals surface area contributed by atoms with E-state index in [0.29, 0.717) is 30.5 Å². The van der Waals surface area contributed by atoms with Crippen LogP contribution in [0.3, 0.4) is 0 Å². The second-order valence-corrected chi connectivity index (χ2v) is 7.64. The molecule has 0 amide bonds. The van der Waals surface area contributed by atoms with E-state index < -0.39 is 10.2 Å². The van der Waals surface area contributed by atoms with Gasteiger partial charge in [0.1, 0.15) is 0 Å². The summed E-state index contributed by atoms with van der Waals surface area (Å²) in [6.07, 6.45) is 3.62. The predicted molar refractivity (Wildman–Crippen MR) is 75.4 cm³/mol. The molecule has 0 aromatic rings. The highest BCUT2D eigenvalue weighted by Crippen LogP contribution is 2.26. The Morgan fingerprint density at radius 3 is 2.56 bits per heavy atom. The molecule has 0 aromatic carbocycles. The van der Waals surface area contributed by atoms with E-state index in [1.165, 1.54) is 4.31 Å². The van der Waals surface area contributed by atoms with E-state index in [1.54, 1.807) is 4.31 Å². The molecular formula is C11H21N3O2S2.